The third-order valence-corrected chi connectivity index (χ3v) is 3.48. The average molecular weight is 332 g/mol. The Kier molecular flexibility index (Phi) is 5.45. The summed E-state index contributed by atoms with van der Waals surface area (Å²) in [5.41, 5.74) is 1.31. The number of anilines is 2. The van der Waals surface area contributed by atoms with Gasteiger partial charge in [0.2, 0.25) is 5.95 Å². The molecular formula is C14H16Cl2FN3O. The Bertz CT molecular complexity index is 608. The first-order valence-electron chi connectivity index (χ1n) is 6.45. The van der Waals surface area contributed by atoms with Crippen molar-refractivity contribution >= 4 is 34.8 Å². The summed E-state index contributed by atoms with van der Waals surface area (Å²) in [7, 11) is 1.66. The number of aryl methyl sites for hydroxylation is 2. The number of nitrogens with zero attached hydrogens (tertiary/aromatic N) is 2. The van der Waals surface area contributed by atoms with Gasteiger partial charge >= 0.3 is 0 Å². The molecule has 0 fully saturated rings. The lowest BCUT2D eigenvalue weighted by Gasteiger charge is -2.12. The van der Waals surface area contributed by atoms with Gasteiger partial charge in [-0.05, 0) is 25.5 Å². The van der Waals surface area contributed by atoms with Gasteiger partial charge in [0.25, 0.3) is 0 Å². The normalized spacial score (nSPS) is 10.9. The van der Waals surface area contributed by atoms with Gasteiger partial charge in [-0.3, -0.25) is 0 Å². The van der Waals surface area contributed by atoms with Crippen molar-refractivity contribution in [2.75, 3.05) is 19.0 Å². The molecule has 0 saturated heterocycles. The number of rotatable bonds is 6. The zero-order chi connectivity index (χ0) is 15.4. The van der Waals surface area contributed by atoms with Crippen molar-refractivity contribution in [3.05, 3.63) is 39.9 Å². The third-order valence-electron chi connectivity index (χ3n) is 2.89. The van der Waals surface area contributed by atoms with Crippen molar-refractivity contribution in [2.24, 2.45) is 0 Å². The molecule has 0 aliphatic heterocycles. The maximum absolute atomic E-state index is 13.2. The molecule has 0 bridgehead atoms. The fourth-order valence-corrected chi connectivity index (χ4v) is 2.52. The topological polar surface area (TPSA) is 39.1 Å². The largest absolute Gasteiger partial charge is 0.385 e. The Morgan fingerprint density at radius 1 is 1.33 bits per heavy atom. The van der Waals surface area contributed by atoms with E-state index in [1.54, 1.807) is 7.11 Å². The highest BCUT2D eigenvalue weighted by Gasteiger charge is 2.12. The van der Waals surface area contributed by atoms with Crippen LogP contribution >= 0.6 is 23.2 Å². The maximum atomic E-state index is 13.2. The van der Waals surface area contributed by atoms with Gasteiger partial charge in [-0.25, -0.2) is 9.37 Å². The van der Waals surface area contributed by atoms with Crippen LogP contribution in [-0.4, -0.2) is 23.3 Å². The monoisotopic (exact) mass is 331 g/mol. The molecule has 0 atom stereocenters. The molecule has 21 heavy (non-hydrogen) atoms. The molecule has 0 saturated carbocycles. The van der Waals surface area contributed by atoms with Crippen molar-refractivity contribution in [1.82, 2.24) is 9.55 Å². The number of ether oxygens (including phenoxy) is 1. The Labute approximate surface area is 132 Å². The molecular weight excluding hydrogens is 316 g/mol. The highest BCUT2D eigenvalue weighted by atomic mass is 35.5. The highest BCUT2D eigenvalue weighted by molar-refractivity contribution is 6.39. The summed E-state index contributed by atoms with van der Waals surface area (Å²) in [6, 6.07) is 2.42. The molecule has 0 aliphatic carbocycles. The molecule has 114 valence electrons. The molecule has 7 heteroatoms. The molecule has 0 spiro atoms. The van der Waals surface area contributed by atoms with Gasteiger partial charge in [-0.2, -0.15) is 0 Å². The second-order valence-electron chi connectivity index (χ2n) is 4.62. The van der Waals surface area contributed by atoms with E-state index in [9.17, 15) is 4.39 Å². The Hall–Kier alpha value is -1.30. The molecule has 1 N–H and O–H groups in total. The van der Waals surface area contributed by atoms with Crippen LogP contribution < -0.4 is 5.32 Å². The minimum absolute atomic E-state index is 0.212. The first-order chi connectivity index (χ1) is 10.0. The van der Waals surface area contributed by atoms with E-state index in [2.05, 4.69) is 10.3 Å². The van der Waals surface area contributed by atoms with Gasteiger partial charge in [-0.15, -0.1) is 0 Å². The average Bonchev–Trinajstić information content (AvgIpc) is 2.74. The summed E-state index contributed by atoms with van der Waals surface area (Å²) in [6.45, 7) is 3.30. The lowest BCUT2D eigenvalue weighted by atomic mass is 10.3. The van der Waals surface area contributed by atoms with E-state index in [1.807, 2.05) is 17.7 Å². The fourth-order valence-electron chi connectivity index (χ4n) is 1.97. The standard InChI is InChI=1S/C14H16Cl2FN3O/c1-9-8-20(4-3-5-21-2)14(18-9)19-13-11(15)6-10(17)7-12(13)16/h6-8H,3-5H2,1-2H3,(H,18,19). The van der Waals surface area contributed by atoms with E-state index in [1.165, 1.54) is 12.1 Å². The molecule has 2 aromatic rings. The van der Waals surface area contributed by atoms with Crippen LogP contribution in [-0.2, 0) is 11.3 Å². The smallest absolute Gasteiger partial charge is 0.207 e. The van der Waals surface area contributed by atoms with Crippen LogP contribution in [0, 0.1) is 12.7 Å². The predicted octanol–water partition coefficient (Wildman–Crippen LogP) is 4.42. The number of imidazole rings is 1. The number of halogens is 3. The van der Waals surface area contributed by atoms with Crippen LogP contribution in [0.5, 0.6) is 0 Å². The van der Waals surface area contributed by atoms with Crippen LogP contribution in [0.25, 0.3) is 0 Å². The molecule has 4 nitrogen and oxygen atoms in total. The number of nitrogens with one attached hydrogen (secondary N) is 1. The van der Waals surface area contributed by atoms with E-state index in [-0.39, 0.29) is 10.0 Å². The summed E-state index contributed by atoms with van der Waals surface area (Å²) in [5.74, 6) is 0.133. The molecule has 0 amide bonds. The minimum Gasteiger partial charge on any atom is -0.385 e. The first kappa shape index (κ1) is 16.1. The van der Waals surface area contributed by atoms with Crippen molar-refractivity contribution in [3.8, 4) is 0 Å². The van der Waals surface area contributed by atoms with Crippen molar-refractivity contribution in [2.45, 2.75) is 19.9 Å². The number of hydrogen-bond acceptors (Lipinski definition) is 3. The summed E-state index contributed by atoms with van der Waals surface area (Å²) in [6.07, 6.45) is 2.77. The Morgan fingerprint density at radius 3 is 2.62 bits per heavy atom. The number of benzene rings is 1. The zero-order valence-corrected chi connectivity index (χ0v) is 13.3. The quantitative estimate of drug-likeness (QED) is 0.796. The van der Waals surface area contributed by atoms with Gasteiger partial charge in [-0.1, -0.05) is 23.2 Å². The van der Waals surface area contributed by atoms with E-state index < -0.39 is 5.82 Å². The van der Waals surface area contributed by atoms with E-state index in [4.69, 9.17) is 27.9 Å². The molecule has 1 aromatic carbocycles. The molecule has 1 heterocycles. The van der Waals surface area contributed by atoms with E-state index >= 15 is 0 Å². The summed E-state index contributed by atoms with van der Waals surface area (Å²) < 4.78 is 20.2. The number of methoxy groups -OCH3 is 1. The lowest BCUT2D eigenvalue weighted by Crippen LogP contribution is -2.06. The lowest BCUT2D eigenvalue weighted by molar-refractivity contribution is 0.190. The number of aromatic nitrogens is 2. The van der Waals surface area contributed by atoms with Crippen LogP contribution in [0.1, 0.15) is 12.1 Å². The van der Waals surface area contributed by atoms with E-state index in [0.717, 1.165) is 18.7 Å². The molecule has 0 radical (unpaired) electrons. The third kappa shape index (κ3) is 4.09. The van der Waals surface area contributed by atoms with Crippen LogP contribution in [0.2, 0.25) is 10.0 Å². The molecule has 1 aromatic heterocycles. The molecule has 2 rings (SSSR count). The summed E-state index contributed by atoms with van der Waals surface area (Å²) in [5, 5.41) is 3.49. The van der Waals surface area contributed by atoms with Crippen LogP contribution in [0.3, 0.4) is 0 Å². The maximum Gasteiger partial charge on any atom is 0.207 e. The van der Waals surface area contributed by atoms with Crippen molar-refractivity contribution in [3.63, 3.8) is 0 Å². The van der Waals surface area contributed by atoms with Crippen molar-refractivity contribution in [1.29, 1.82) is 0 Å². The minimum atomic E-state index is -0.477. The molecule has 0 aliphatic rings. The van der Waals surface area contributed by atoms with E-state index in [0.29, 0.717) is 18.2 Å². The number of hydrogen-bond donors (Lipinski definition) is 1. The second kappa shape index (κ2) is 7.11. The van der Waals surface area contributed by atoms with Gasteiger partial charge in [0.1, 0.15) is 5.82 Å². The predicted molar refractivity (Wildman–Crippen MR) is 83.2 cm³/mol. The Balaban J connectivity index is 2.23. The van der Waals surface area contributed by atoms with Gasteiger partial charge in [0.15, 0.2) is 0 Å². The zero-order valence-electron chi connectivity index (χ0n) is 11.8. The fraction of sp³-hybridized carbons (Fsp3) is 0.357. The SMILES string of the molecule is COCCCn1cc(C)nc1Nc1c(Cl)cc(F)cc1Cl. The van der Waals surface area contributed by atoms with Gasteiger partial charge < -0.3 is 14.6 Å². The van der Waals surface area contributed by atoms with Crippen LogP contribution in [0.4, 0.5) is 16.0 Å². The van der Waals surface area contributed by atoms with Gasteiger partial charge in [0, 0.05) is 26.5 Å². The Morgan fingerprint density at radius 2 is 2.00 bits per heavy atom. The molecule has 0 unspecified atom stereocenters. The van der Waals surface area contributed by atoms with Crippen LogP contribution in [0.15, 0.2) is 18.3 Å². The summed E-state index contributed by atoms with van der Waals surface area (Å²) in [4.78, 5) is 4.39. The van der Waals surface area contributed by atoms with Gasteiger partial charge in [0.05, 0.1) is 21.4 Å². The highest BCUT2D eigenvalue weighted by Crippen LogP contribution is 2.33. The summed E-state index contributed by atoms with van der Waals surface area (Å²) >= 11 is 12.1. The van der Waals surface area contributed by atoms with Crippen molar-refractivity contribution < 1.29 is 9.13 Å². The first-order valence-corrected chi connectivity index (χ1v) is 7.21. The second-order valence-corrected chi connectivity index (χ2v) is 5.43.